The summed E-state index contributed by atoms with van der Waals surface area (Å²) < 4.78 is 49.6. The third kappa shape index (κ3) is 7.33. The molecule has 6 nitrogen and oxygen atoms in total. The third-order valence-corrected chi connectivity index (χ3v) is 5.52. The molecular weight excluding hydrogens is 713 g/mol. The number of halogens is 4. The molecule has 3 aromatic heterocycles. The summed E-state index contributed by atoms with van der Waals surface area (Å²) in [5.41, 5.74) is 5.22. The first-order valence-electron chi connectivity index (χ1n) is 11.9. The number of nitrogens with zero attached hydrogens (tertiary/aromatic N) is 6. The Hall–Kier alpha value is -4.60. The number of rotatable bonds is 4. The summed E-state index contributed by atoms with van der Waals surface area (Å²) in [6, 6.07) is 31.9. The summed E-state index contributed by atoms with van der Waals surface area (Å²) in [6.07, 6.45) is -1.41. The molecule has 207 valence electrons. The molecule has 0 spiro atoms. The first kappa shape index (κ1) is 29.4. The van der Waals surface area contributed by atoms with Gasteiger partial charge < -0.3 is 15.1 Å². The summed E-state index contributed by atoms with van der Waals surface area (Å²) in [5, 5.41) is 6.25. The molecule has 0 unspecified atom stereocenters. The van der Waals surface area contributed by atoms with E-state index in [1.807, 2.05) is 54.6 Å². The van der Waals surface area contributed by atoms with Crippen LogP contribution in [0, 0.1) is 11.9 Å². The molecule has 6 rings (SSSR count). The second kappa shape index (κ2) is 13.2. The molecule has 0 aliphatic rings. The molecule has 0 saturated heterocycles. The van der Waals surface area contributed by atoms with E-state index in [4.69, 9.17) is 4.98 Å². The van der Waals surface area contributed by atoms with Crippen LogP contribution in [-0.4, -0.2) is 25.0 Å². The van der Waals surface area contributed by atoms with Crippen LogP contribution in [0.1, 0.15) is 5.82 Å². The molecule has 0 atom stereocenters. The quantitative estimate of drug-likeness (QED) is 0.145. The van der Waals surface area contributed by atoms with Gasteiger partial charge in [-0.25, -0.2) is 4.39 Å². The van der Waals surface area contributed by atoms with E-state index in [0.29, 0.717) is 5.69 Å². The number of pyridine rings is 1. The van der Waals surface area contributed by atoms with Crippen LogP contribution in [0.4, 0.5) is 17.6 Å². The van der Waals surface area contributed by atoms with Gasteiger partial charge in [-0.3, -0.25) is 15.1 Å². The summed E-state index contributed by atoms with van der Waals surface area (Å²) in [6.45, 7) is 0. The predicted octanol–water partition coefficient (Wildman–Crippen LogP) is 6.93. The summed E-state index contributed by atoms with van der Waals surface area (Å²) in [5.74, 6) is -1.64. The van der Waals surface area contributed by atoms with Gasteiger partial charge in [-0.05, 0) is 47.8 Å². The molecule has 0 amide bonds. The number of hydrogen-bond acceptors (Lipinski definition) is 5. The Balaban J connectivity index is 0.000000208. The number of aromatic nitrogens is 6. The van der Waals surface area contributed by atoms with Crippen LogP contribution < -0.4 is 5.10 Å². The zero-order chi connectivity index (χ0) is 28.0. The molecule has 0 saturated carbocycles. The van der Waals surface area contributed by atoms with E-state index in [-0.39, 0.29) is 37.4 Å². The van der Waals surface area contributed by atoms with Crippen molar-refractivity contribution in [1.82, 2.24) is 30.1 Å². The number of hydrogen-bond donors (Lipinski definition) is 0. The molecule has 0 N–H and O–H groups in total. The fraction of sp³-hybridized carbons (Fsp3) is 0.0333. The van der Waals surface area contributed by atoms with Gasteiger partial charge in [-0.1, -0.05) is 36.4 Å². The fourth-order valence-corrected chi connectivity index (χ4v) is 3.65. The standard InChI is InChI=1S/C22H14FN2.C8H4F3N4.Ir/c23-19-13-11-16(12-14-19)20-15-24-21(17-7-3-1-4-8-17)22(25-20)18-9-5-2-6-10-18;9-8(10,11)7-13-6(14-15-7)5-3-1-2-4-12-5;/h1-7,9-15H;1-4H;/q2*-1;. The van der Waals surface area contributed by atoms with Gasteiger partial charge in [-0.15, -0.1) is 35.9 Å². The minimum Gasteiger partial charge on any atom is -0.413 e. The molecular formula is C30H18F4IrN6-2. The largest absolute Gasteiger partial charge is 0.429 e. The van der Waals surface area contributed by atoms with Gasteiger partial charge in [0.05, 0.1) is 17.1 Å². The van der Waals surface area contributed by atoms with Crippen molar-refractivity contribution >= 4 is 0 Å². The van der Waals surface area contributed by atoms with Crippen molar-refractivity contribution in [2.24, 2.45) is 0 Å². The fourth-order valence-electron chi connectivity index (χ4n) is 3.65. The Labute approximate surface area is 246 Å². The van der Waals surface area contributed by atoms with Crippen molar-refractivity contribution in [3.05, 3.63) is 127 Å². The van der Waals surface area contributed by atoms with Crippen LogP contribution in [0.2, 0.25) is 0 Å². The average Bonchev–Trinajstić information content (AvgIpc) is 3.51. The van der Waals surface area contributed by atoms with E-state index >= 15 is 0 Å². The topological polar surface area (TPSA) is 78.5 Å². The van der Waals surface area contributed by atoms with Crippen LogP contribution in [0.25, 0.3) is 45.3 Å². The minimum absolute atomic E-state index is 0. The van der Waals surface area contributed by atoms with Crippen molar-refractivity contribution in [1.29, 1.82) is 0 Å². The maximum absolute atomic E-state index is 13.2. The molecule has 3 aromatic carbocycles. The number of benzene rings is 3. The van der Waals surface area contributed by atoms with E-state index < -0.39 is 12.0 Å². The zero-order valence-electron chi connectivity index (χ0n) is 20.9. The van der Waals surface area contributed by atoms with Gasteiger partial charge in [-0.2, -0.15) is 13.2 Å². The van der Waals surface area contributed by atoms with Crippen molar-refractivity contribution < 1.29 is 37.7 Å². The van der Waals surface area contributed by atoms with E-state index in [1.165, 1.54) is 24.4 Å². The molecule has 41 heavy (non-hydrogen) atoms. The summed E-state index contributed by atoms with van der Waals surface area (Å²) >= 11 is 0. The van der Waals surface area contributed by atoms with Crippen LogP contribution in [-0.2, 0) is 26.3 Å². The second-order valence-corrected chi connectivity index (χ2v) is 8.27. The first-order chi connectivity index (χ1) is 19.4. The molecule has 6 aromatic rings. The van der Waals surface area contributed by atoms with E-state index in [9.17, 15) is 17.6 Å². The van der Waals surface area contributed by atoms with E-state index in [2.05, 4.69) is 31.2 Å². The van der Waals surface area contributed by atoms with Gasteiger partial charge in [0.1, 0.15) is 11.6 Å². The third-order valence-electron chi connectivity index (χ3n) is 5.52. The smallest absolute Gasteiger partial charge is 0.413 e. The van der Waals surface area contributed by atoms with Crippen molar-refractivity contribution in [2.45, 2.75) is 6.18 Å². The van der Waals surface area contributed by atoms with Gasteiger partial charge in [0.15, 0.2) is 0 Å². The average molecular weight is 731 g/mol. The SMILES string of the molecule is FC(F)(F)c1n[n-]c(-c2ccccn2)n1.Fc1ccc(-c2cnc(-c3[c-]cccc3)c(-c3ccccc3)n2)cc1.[Ir]. The first-order valence-corrected chi connectivity index (χ1v) is 11.9. The molecule has 0 aliphatic heterocycles. The predicted molar refractivity (Wildman–Crippen MR) is 141 cm³/mol. The Morgan fingerprint density at radius 3 is 2.05 bits per heavy atom. The van der Waals surface area contributed by atoms with Crippen molar-refractivity contribution in [2.75, 3.05) is 0 Å². The maximum atomic E-state index is 13.2. The molecule has 0 bridgehead atoms. The molecule has 1 radical (unpaired) electrons. The Morgan fingerprint density at radius 2 is 1.41 bits per heavy atom. The van der Waals surface area contributed by atoms with Gasteiger partial charge in [0.25, 0.3) is 0 Å². The van der Waals surface area contributed by atoms with E-state index in [1.54, 1.807) is 30.5 Å². The van der Waals surface area contributed by atoms with Gasteiger partial charge in [0.2, 0.25) is 0 Å². The van der Waals surface area contributed by atoms with Crippen molar-refractivity contribution in [3.8, 4) is 45.3 Å². The zero-order valence-corrected chi connectivity index (χ0v) is 23.3. The Bertz CT molecular complexity index is 1680. The normalized spacial score (nSPS) is 10.7. The van der Waals surface area contributed by atoms with E-state index in [0.717, 1.165) is 28.1 Å². The molecule has 0 aliphatic carbocycles. The summed E-state index contributed by atoms with van der Waals surface area (Å²) in [4.78, 5) is 16.5. The summed E-state index contributed by atoms with van der Waals surface area (Å²) in [7, 11) is 0. The second-order valence-electron chi connectivity index (χ2n) is 8.27. The van der Waals surface area contributed by atoms with Crippen LogP contribution >= 0.6 is 0 Å². The van der Waals surface area contributed by atoms with Crippen LogP contribution in [0.3, 0.4) is 0 Å². The Morgan fingerprint density at radius 1 is 0.683 bits per heavy atom. The molecule has 11 heteroatoms. The van der Waals surface area contributed by atoms with Gasteiger partial charge in [0, 0.05) is 43.8 Å². The maximum Gasteiger partial charge on any atom is 0.429 e. The monoisotopic (exact) mass is 731 g/mol. The molecule has 3 heterocycles. The van der Waals surface area contributed by atoms with Crippen molar-refractivity contribution in [3.63, 3.8) is 0 Å². The van der Waals surface area contributed by atoms with Crippen LogP contribution in [0.5, 0.6) is 0 Å². The Kier molecular flexibility index (Phi) is 9.44. The van der Waals surface area contributed by atoms with Crippen LogP contribution in [0.15, 0.2) is 109 Å². The minimum atomic E-state index is -4.57. The van der Waals surface area contributed by atoms with Gasteiger partial charge >= 0.3 is 6.18 Å². The number of alkyl halides is 3. The molecule has 0 fully saturated rings.